The summed E-state index contributed by atoms with van der Waals surface area (Å²) < 4.78 is 5.52. The highest BCUT2D eigenvalue weighted by molar-refractivity contribution is 5.56. The van der Waals surface area contributed by atoms with E-state index < -0.39 is 0 Å². The molecule has 1 N–H and O–H groups in total. The van der Waals surface area contributed by atoms with Crippen LogP contribution < -0.4 is 10.2 Å². The monoisotopic (exact) mass is 260 g/mol. The normalized spacial score (nSPS) is 27.1. The highest BCUT2D eigenvalue weighted by Gasteiger charge is 2.25. The zero-order valence-corrected chi connectivity index (χ0v) is 11.8. The highest BCUT2D eigenvalue weighted by Crippen LogP contribution is 2.33. The molecule has 0 radical (unpaired) electrons. The van der Waals surface area contributed by atoms with Gasteiger partial charge in [-0.3, -0.25) is 0 Å². The lowest BCUT2D eigenvalue weighted by Gasteiger charge is -2.28. The van der Waals surface area contributed by atoms with Gasteiger partial charge in [-0.1, -0.05) is 18.2 Å². The molecule has 19 heavy (non-hydrogen) atoms. The van der Waals surface area contributed by atoms with Crippen LogP contribution in [0.2, 0.25) is 0 Å². The Bertz CT molecular complexity index is 415. The number of hydrogen-bond acceptors (Lipinski definition) is 3. The van der Waals surface area contributed by atoms with Gasteiger partial charge in [-0.05, 0) is 37.9 Å². The summed E-state index contributed by atoms with van der Waals surface area (Å²) in [5, 5.41) is 3.46. The van der Waals surface area contributed by atoms with Crippen molar-refractivity contribution in [3.05, 3.63) is 29.8 Å². The van der Waals surface area contributed by atoms with Gasteiger partial charge in [0.05, 0.1) is 6.61 Å². The molecule has 0 bridgehead atoms. The summed E-state index contributed by atoms with van der Waals surface area (Å²) in [6.45, 7) is 4.20. The number of anilines is 1. The molecule has 0 amide bonds. The molecule has 2 heterocycles. The van der Waals surface area contributed by atoms with Crippen molar-refractivity contribution in [3.8, 4) is 0 Å². The fraction of sp³-hybridized carbons (Fsp3) is 0.625. The van der Waals surface area contributed by atoms with Gasteiger partial charge < -0.3 is 15.0 Å². The molecule has 0 spiro atoms. The lowest BCUT2D eigenvalue weighted by molar-refractivity contribution is 0.186. The number of para-hydroxylation sites is 1. The first-order valence-corrected chi connectivity index (χ1v) is 7.47. The third-order valence-electron chi connectivity index (χ3n) is 4.42. The van der Waals surface area contributed by atoms with Crippen LogP contribution in [-0.2, 0) is 4.74 Å². The van der Waals surface area contributed by atoms with Gasteiger partial charge in [0, 0.05) is 37.3 Å². The molecule has 3 rings (SSSR count). The smallest absolute Gasteiger partial charge is 0.0512 e. The van der Waals surface area contributed by atoms with Crippen LogP contribution in [0.4, 0.5) is 5.69 Å². The molecule has 2 atom stereocenters. The van der Waals surface area contributed by atoms with E-state index in [1.54, 1.807) is 0 Å². The minimum absolute atomic E-state index is 0.501. The van der Waals surface area contributed by atoms with E-state index in [4.69, 9.17) is 4.74 Å². The van der Waals surface area contributed by atoms with Gasteiger partial charge in [-0.25, -0.2) is 0 Å². The number of nitrogens with one attached hydrogen (secondary N) is 1. The summed E-state index contributed by atoms with van der Waals surface area (Å²) in [5.41, 5.74) is 2.88. The maximum absolute atomic E-state index is 5.52. The van der Waals surface area contributed by atoms with Gasteiger partial charge >= 0.3 is 0 Å². The summed E-state index contributed by atoms with van der Waals surface area (Å²) in [6, 6.07) is 9.38. The van der Waals surface area contributed by atoms with Gasteiger partial charge in [-0.15, -0.1) is 0 Å². The fourth-order valence-corrected chi connectivity index (χ4v) is 3.36. The molecule has 1 fully saturated rings. The van der Waals surface area contributed by atoms with E-state index in [0.717, 1.165) is 19.8 Å². The first kappa shape index (κ1) is 12.9. The summed E-state index contributed by atoms with van der Waals surface area (Å²) in [5.74, 6) is 0.708. The van der Waals surface area contributed by atoms with E-state index in [1.807, 2.05) is 0 Å². The first-order valence-electron chi connectivity index (χ1n) is 7.47. The molecule has 1 aromatic rings. The molecule has 3 nitrogen and oxygen atoms in total. The SMILES string of the molecule is CNC1CCCN(CC2CCOC2)c2ccccc21. The third-order valence-corrected chi connectivity index (χ3v) is 4.42. The largest absolute Gasteiger partial charge is 0.381 e. The average Bonchev–Trinajstić information content (AvgIpc) is 2.89. The van der Waals surface area contributed by atoms with Crippen molar-refractivity contribution in [1.82, 2.24) is 5.32 Å². The van der Waals surface area contributed by atoms with E-state index in [-0.39, 0.29) is 0 Å². The molecule has 0 saturated carbocycles. The molecule has 0 aromatic heterocycles. The molecule has 3 heteroatoms. The molecule has 2 unspecified atom stereocenters. The summed E-state index contributed by atoms with van der Waals surface area (Å²) in [6.07, 6.45) is 3.70. The Morgan fingerprint density at radius 3 is 3.00 bits per heavy atom. The summed E-state index contributed by atoms with van der Waals surface area (Å²) >= 11 is 0. The van der Waals surface area contributed by atoms with Gasteiger partial charge in [0.1, 0.15) is 0 Å². The van der Waals surface area contributed by atoms with Crippen LogP contribution in [0.3, 0.4) is 0 Å². The molecule has 104 valence electrons. The van der Waals surface area contributed by atoms with Crippen molar-refractivity contribution in [2.75, 3.05) is 38.3 Å². The van der Waals surface area contributed by atoms with E-state index >= 15 is 0 Å². The zero-order valence-electron chi connectivity index (χ0n) is 11.8. The van der Waals surface area contributed by atoms with Crippen molar-refractivity contribution in [2.45, 2.75) is 25.3 Å². The van der Waals surface area contributed by atoms with Crippen molar-refractivity contribution in [3.63, 3.8) is 0 Å². The fourth-order valence-electron chi connectivity index (χ4n) is 3.36. The average molecular weight is 260 g/mol. The lowest BCUT2D eigenvalue weighted by Crippen LogP contribution is -2.30. The maximum atomic E-state index is 5.52. The minimum Gasteiger partial charge on any atom is -0.381 e. The van der Waals surface area contributed by atoms with Gasteiger partial charge in [0.15, 0.2) is 0 Å². The molecule has 2 aliphatic heterocycles. The van der Waals surface area contributed by atoms with Crippen LogP contribution in [0.5, 0.6) is 0 Å². The van der Waals surface area contributed by atoms with Crippen LogP contribution >= 0.6 is 0 Å². The van der Waals surface area contributed by atoms with Crippen LogP contribution in [0.1, 0.15) is 30.9 Å². The molecule has 2 aliphatic rings. The highest BCUT2D eigenvalue weighted by atomic mass is 16.5. The van der Waals surface area contributed by atoms with Crippen LogP contribution in [0.15, 0.2) is 24.3 Å². The zero-order chi connectivity index (χ0) is 13.1. The van der Waals surface area contributed by atoms with Crippen LogP contribution in [0, 0.1) is 5.92 Å². The Morgan fingerprint density at radius 1 is 1.32 bits per heavy atom. The van der Waals surface area contributed by atoms with E-state index in [9.17, 15) is 0 Å². The second kappa shape index (κ2) is 5.93. The number of hydrogen-bond donors (Lipinski definition) is 1. The number of benzene rings is 1. The van der Waals surface area contributed by atoms with Crippen LogP contribution in [0.25, 0.3) is 0 Å². The number of ether oxygens (including phenoxy) is 1. The molecule has 1 aromatic carbocycles. The Kier molecular flexibility index (Phi) is 4.04. The van der Waals surface area contributed by atoms with Gasteiger partial charge in [0.2, 0.25) is 0 Å². The number of fused-ring (bicyclic) bond motifs is 1. The quantitative estimate of drug-likeness (QED) is 0.904. The van der Waals surface area contributed by atoms with Crippen molar-refractivity contribution in [2.24, 2.45) is 5.92 Å². The Labute approximate surface area is 115 Å². The second-order valence-corrected chi connectivity index (χ2v) is 5.72. The standard InChI is InChI=1S/C16H24N2O/c1-17-15-6-4-9-18(11-13-8-10-19-12-13)16-7-3-2-5-14(15)16/h2-3,5,7,13,15,17H,4,6,8-12H2,1H3. The molecule has 0 aliphatic carbocycles. The van der Waals surface area contributed by atoms with E-state index in [2.05, 4.69) is 41.5 Å². The first-order chi connectivity index (χ1) is 9.38. The Hall–Kier alpha value is -1.06. The minimum atomic E-state index is 0.501. The maximum Gasteiger partial charge on any atom is 0.0512 e. The number of nitrogens with zero attached hydrogens (tertiary/aromatic N) is 1. The predicted octanol–water partition coefficient (Wildman–Crippen LogP) is 2.58. The molecule has 1 saturated heterocycles. The van der Waals surface area contributed by atoms with E-state index in [1.165, 1.54) is 37.1 Å². The topological polar surface area (TPSA) is 24.5 Å². The summed E-state index contributed by atoms with van der Waals surface area (Å²) in [4.78, 5) is 2.58. The van der Waals surface area contributed by atoms with Gasteiger partial charge in [-0.2, -0.15) is 0 Å². The lowest BCUT2D eigenvalue weighted by atomic mass is 10.0. The Balaban J connectivity index is 1.83. The van der Waals surface area contributed by atoms with Crippen molar-refractivity contribution < 1.29 is 4.74 Å². The predicted molar refractivity (Wildman–Crippen MR) is 78.6 cm³/mol. The number of rotatable bonds is 3. The second-order valence-electron chi connectivity index (χ2n) is 5.72. The van der Waals surface area contributed by atoms with Crippen molar-refractivity contribution in [1.29, 1.82) is 0 Å². The van der Waals surface area contributed by atoms with Crippen molar-refractivity contribution >= 4 is 5.69 Å². The Morgan fingerprint density at radius 2 is 2.21 bits per heavy atom. The van der Waals surface area contributed by atoms with Crippen LogP contribution in [-0.4, -0.2) is 33.4 Å². The van der Waals surface area contributed by atoms with E-state index in [0.29, 0.717) is 12.0 Å². The third kappa shape index (κ3) is 2.77. The summed E-state index contributed by atoms with van der Waals surface area (Å²) in [7, 11) is 2.07. The molecular weight excluding hydrogens is 236 g/mol. The molecular formula is C16H24N2O. The van der Waals surface area contributed by atoms with Gasteiger partial charge in [0.25, 0.3) is 0 Å².